The van der Waals surface area contributed by atoms with Crippen LogP contribution in [-0.2, 0) is 19.3 Å². The molecule has 0 bridgehead atoms. The number of hydrogen-bond acceptors (Lipinski definition) is 8. The molecule has 0 aliphatic carbocycles. The minimum absolute atomic E-state index is 0.130. The predicted molar refractivity (Wildman–Crippen MR) is 132 cm³/mol. The van der Waals surface area contributed by atoms with E-state index in [9.17, 15) is 19.0 Å². The molecular weight excluding hydrogens is 484 g/mol. The molecule has 0 amide bonds. The molecule has 8 nitrogen and oxygen atoms in total. The summed E-state index contributed by atoms with van der Waals surface area (Å²) >= 11 is 0. The molecule has 0 saturated carbocycles. The van der Waals surface area contributed by atoms with Gasteiger partial charge in [0.15, 0.2) is 11.6 Å². The molecule has 10 heteroatoms. The number of ether oxygens (including phenoxy) is 2. The largest absolute Gasteiger partial charge is 0.506 e. The first-order valence-corrected chi connectivity index (χ1v) is 11.8. The Bertz CT molecular complexity index is 1390. The van der Waals surface area contributed by atoms with Gasteiger partial charge in [0.2, 0.25) is 11.8 Å². The second-order valence-electron chi connectivity index (χ2n) is 8.37. The number of aromatic hydroxyl groups is 2. The zero-order valence-corrected chi connectivity index (χ0v) is 20.7. The number of aromatic nitrogens is 3. The molecule has 0 spiro atoms. The number of methoxy groups -OCH3 is 2. The minimum atomic E-state index is -0.938. The number of unbranched alkanes of at least 4 members (excludes halogenated alkanes) is 1. The van der Waals surface area contributed by atoms with Crippen LogP contribution >= 0.6 is 0 Å². The molecule has 2 aromatic heterocycles. The highest BCUT2D eigenvalue weighted by Crippen LogP contribution is 2.49. The summed E-state index contributed by atoms with van der Waals surface area (Å²) in [5.41, 5.74) is 1.69. The van der Waals surface area contributed by atoms with E-state index in [1.165, 1.54) is 20.3 Å². The summed E-state index contributed by atoms with van der Waals surface area (Å²) in [5.74, 6) is -1.69. The smallest absolute Gasteiger partial charge is 0.256 e. The van der Waals surface area contributed by atoms with Crippen LogP contribution in [0.25, 0.3) is 22.6 Å². The van der Waals surface area contributed by atoms with Crippen molar-refractivity contribution in [2.75, 3.05) is 14.2 Å². The second kappa shape index (κ2) is 11.2. The molecule has 2 aromatic carbocycles. The summed E-state index contributed by atoms with van der Waals surface area (Å²) in [7, 11) is 3.01. The van der Waals surface area contributed by atoms with Crippen LogP contribution in [0, 0.1) is 11.6 Å². The summed E-state index contributed by atoms with van der Waals surface area (Å²) in [6, 6.07) is 8.86. The summed E-state index contributed by atoms with van der Waals surface area (Å²) in [6.45, 7) is 2.03. The van der Waals surface area contributed by atoms with Crippen LogP contribution in [0.4, 0.5) is 8.78 Å². The SMILES string of the molecule is CCCCc1nc(O)c(-c2nnc(CCc3ccc(F)c(F)c3)o2)c(O)c1-c1c(OC)cccc1OC. The van der Waals surface area contributed by atoms with Gasteiger partial charge in [-0.25, -0.2) is 13.8 Å². The Morgan fingerprint density at radius 2 is 1.59 bits per heavy atom. The average molecular weight is 512 g/mol. The maximum Gasteiger partial charge on any atom is 0.256 e. The van der Waals surface area contributed by atoms with E-state index < -0.39 is 17.5 Å². The van der Waals surface area contributed by atoms with E-state index in [0.29, 0.717) is 46.7 Å². The minimum Gasteiger partial charge on any atom is -0.506 e. The van der Waals surface area contributed by atoms with Gasteiger partial charge in [0.25, 0.3) is 5.89 Å². The van der Waals surface area contributed by atoms with Crippen molar-refractivity contribution in [3.8, 4) is 45.7 Å². The van der Waals surface area contributed by atoms with Crippen molar-refractivity contribution < 1.29 is 32.9 Å². The second-order valence-corrected chi connectivity index (χ2v) is 8.37. The average Bonchev–Trinajstić information content (AvgIpc) is 3.36. The van der Waals surface area contributed by atoms with Gasteiger partial charge in [0.05, 0.1) is 31.0 Å². The summed E-state index contributed by atoms with van der Waals surface area (Å²) in [4.78, 5) is 4.38. The van der Waals surface area contributed by atoms with Crippen molar-refractivity contribution in [2.45, 2.75) is 39.0 Å². The highest BCUT2D eigenvalue weighted by Gasteiger charge is 2.28. The fraction of sp³-hybridized carbons (Fsp3) is 0.296. The number of hydrogen-bond donors (Lipinski definition) is 2. The fourth-order valence-electron chi connectivity index (χ4n) is 4.09. The lowest BCUT2D eigenvalue weighted by Gasteiger charge is -2.18. The van der Waals surface area contributed by atoms with E-state index in [4.69, 9.17) is 13.9 Å². The lowest BCUT2D eigenvalue weighted by molar-refractivity contribution is 0.395. The van der Waals surface area contributed by atoms with Crippen LogP contribution in [0.5, 0.6) is 23.1 Å². The van der Waals surface area contributed by atoms with Crippen LogP contribution in [0.2, 0.25) is 0 Å². The number of halogens is 2. The Morgan fingerprint density at radius 1 is 0.865 bits per heavy atom. The van der Waals surface area contributed by atoms with Crippen molar-refractivity contribution in [1.82, 2.24) is 15.2 Å². The van der Waals surface area contributed by atoms with Gasteiger partial charge in [0.1, 0.15) is 22.8 Å². The Balaban J connectivity index is 1.76. The first-order valence-electron chi connectivity index (χ1n) is 11.8. The van der Waals surface area contributed by atoms with Gasteiger partial charge in [-0.1, -0.05) is 25.5 Å². The van der Waals surface area contributed by atoms with E-state index in [2.05, 4.69) is 15.2 Å². The molecule has 0 radical (unpaired) electrons. The normalized spacial score (nSPS) is 11.1. The fourth-order valence-corrected chi connectivity index (χ4v) is 4.09. The Kier molecular flexibility index (Phi) is 7.86. The molecule has 0 aliphatic rings. The van der Waals surface area contributed by atoms with Crippen molar-refractivity contribution in [1.29, 1.82) is 0 Å². The highest BCUT2D eigenvalue weighted by atomic mass is 19.2. The van der Waals surface area contributed by atoms with E-state index in [0.717, 1.165) is 25.0 Å². The third-order valence-electron chi connectivity index (χ3n) is 5.96. The lowest BCUT2D eigenvalue weighted by atomic mass is 9.95. The van der Waals surface area contributed by atoms with E-state index >= 15 is 0 Å². The molecule has 0 atom stereocenters. The molecule has 0 unspecified atom stereocenters. The standard InChI is InChI=1S/C27H27F2N3O5/c1-4-5-7-18-22(23-19(35-2)8-6-9-20(23)36-3)25(33)24(26(34)30-18)27-32-31-21(37-27)13-11-15-10-12-16(28)17(29)14-15/h6,8-10,12,14H,4-5,7,11,13H2,1-3H3,(H2,30,33,34). The van der Waals surface area contributed by atoms with Crippen molar-refractivity contribution in [2.24, 2.45) is 0 Å². The van der Waals surface area contributed by atoms with Crippen molar-refractivity contribution in [3.63, 3.8) is 0 Å². The molecule has 0 saturated heterocycles. The number of pyridine rings is 1. The van der Waals surface area contributed by atoms with Crippen LogP contribution < -0.4 is 9.47 Å². The molecule has 37 heavy (non-hydrogen) atoms. The van der Waals surface area contributed by atoms with Crippen molar-refractivity contribution in [3.05, 3.63) is 65.2 Å². The molecule has 4 aromatic rings. The number of benzene rings is 2. The van der Waals surface area contributed by atoms with E-state index in [-0.39, 0.29) is 29.5 Å². The molecule has 0 fully saturated rings. The summed E-state index contributed by atoms with van der Waals surface area (Å²) < 4.78 is 43.5. The van der Waals surface area contributed by atoms with Gasteiger partial charge >= 0.3 is 0 Å². The zero-order chi connectivity index (χ0) is 26.5. The predicted octanol–water partition coefficient (Wildman–Crippen LogP) is 5.63. The molecule has 194 valence electrons. The van der Waals surface area contributed by atoms with Gasteiger partial charge in [-0.05, 0) is 49.1 Å². The number of aryl methyl sites for hydroxylation is 3. The van der Waals surface area contributed by atoms with Gasteiger partial charge in [-0.3, -0.25) is 0 Å². The first-order chi connectivity index (χ1) is 17.9. The number of nitrogens with zero attached hydrogens (tertiary/aromatic N) is 3. The monoisotopic (exact) mass is 511 g/mol. The van der Waals surface area contributed by atoms with E-state index in [1.54, 1.807) is 18.2 Å². The summed E-state index contributed by atoms with van der Waals surface area (Å²) in [6.07, 6.45) is 2.67. The quantitative estimate of drug-likeness (QED) is 0.282. The maximum absolute atomic E-state index is 13.5. The molecule has 2 heterocycles. The first kappa shape index (κ1) is 25.9. The summed E-state index contributed by atoms with van der Waals surface area (Å²) in [5, 5.41) is 30.2. The van der Waals surface area contributed by atoms with Crippen LogP contribution in [0.15, 0.2) is 40.8 Å². The lowest BCUT2D eigenvalue weighted by Crippen LogP contribution is -2.01. The molecule has 4 rings (SSSR count). The van der Waals surface area contributed by atoms with E-state index in [1.807, 2.05) is 6.92 Å². The number of rotatable bonds is 10. The topological polar surface area (TPSA) is 111 Å². The molecule has 0 aliphatic heterocycles. The molecular formula is C27H27F2N3O5. The van der Waals surface area contributed by atoms with Gasteiger partial charge in [-0.15, -0.1) is 10.2 Å². The van der Waals surface area contributed by atoms with Crippen LogP contribution in [0.1, 0.15) is 36.9 Å². The Labute approximate surface area is 212 Å². The highest BCUT2D eigenvalue weighted by molar-refractivity contribution is 5.88. The molecule has 2 N–H and O–H groups in total. The Morgan fingerprint density at radius 3 is 2.24 bits per heavy atom. The third kappa shape index (κ3) is 5.32. The third-order valence-corrected chi connectivity index (χ3v) is 5.96. The zero-order valence-electron chi connectivity index (χ0n) is 20.7. The maximum atomic E-state index is 13.5. The van der Waals surface area contributed by atoms with Crippen LogP contribution in [-0.4, -0.2) is 39.6 Å². The van der Waals surface area contributed by atoms with Crippen LogP contribution in [0.3, 0.4) is 0 Å². The van der Waals surface area contributed by atoms with Gasteiger partial charge < -0.3 is 24.1 Å². The van der Waals surface area contributed by atoms with Gasteiger partial charge in [-0.2, -0.15) is 0 Å². The Hall–Kier alpha value is -4.21. The van der Waals surface area contributed by atoms with Crippen molar-refractivity contribution >= 4 is 0 Å². The van der Waals surface area contributed by atoms with Gasteiger partial charge in [0, 0.05) is 6.42 Å².